The Morgan fingerprint density at radius 1 is 1.33 bits per heavy atom. The maximum Gasteiger partial charge on any atom is 0.249 e. The number of hydrogen-bond donors (Lipinski definition) is 3. The number of primary amides is 1. The van der Waals surface area contributed by atoms with Crippen molar-refractivity contribution in [2.75, 3.05) is 19.8 Å². The van der Waals surface area contributed by atoms with Gasteiger partial charge >= 0.3 is 0 Å². The topological polar surface area (TPSA) is 93.8 Å². The summed E-state index contributed by atoms with van der Waals surface area (Å²) in [6.07, 6.45) is 1.83. The van der Waals surface area contributed by atoms with E-state index in [1.165, 1.54) is 18.2 Å². The maximum absolute atomic E-state index is 16.0. The lowest BCUT2D eigenvalue weighted by Gasteiger charge is -2.35. The highest BCUT2D eigenvalue weighted by Gasteiger charge is 2.50. The zero-order chi connectivity index (χ0) is 25.4. The number of halogens is 3. The van der Waals surface area contributed by atoms with Crippen molar-refractivity contribution in [1.82, 2.24) is 5.32 Å². The number of carbonyl (C=O) groups excluding carboxylic acids is 1. The average molecular weight is 517 g/mol. The summed E-state index contributed by atoms with van der Waals surface area (Å²) in [6, 6.07) is 10.8. The third-order valence-corrected chi connectivity index (χ3v) is 7.52. The highest BCUT2D eigenvalue weighted by Crippen LogP contribution is 2.51. The van der Waals surface area contributed by atoms with Crippen molar-refractivity contribution in [3.8, 4) is 5.75 Å². The first kappa shape index (κ1) is 24.9. The lowest BCUT2D eigenvalue weighted by Crippen LogP contribution is -2.48. The third kappa shape index (κ3) is 4.12. The number of fused-ring (bicyclic) bond motifs is 1. The molecule has 0 bridgehead atoms. The molecule has 0 radical (unpaired) electrons. The van der Waals surface area contributed by atoms with E-state index in [4.69, 9.17) is 31.9 Å². The lowest BCUT2D eigenvalue weighted by molar-refractivity contribution is -0.114. The van der Waals surface area contributed by atoms with Crippen molar-refractivity contribution < 1.29 is 28.2 Å². The van der Waals surface area contributed by atoms with Crippen molar-refractivity contribution in [1.29, 1.82) is 0 Å². The predicted octanol–water partition coefficient (Wildman–Crippen LogP) is 3.59. The van der Waals surface area contributed by atoms with Crippen LogP contribution in [-0.2, 0) is 21.6 Å². The summed E-state index contributed by atoms with van der Waals surface area (Å²) in [5, 5.41) is 12.3. The molecule has 2 aromatic rings. The molecule has 4 N–H and O–H groups in total. The Balaban J connectivity index is 1.69. The molecule has 0 saturated carbocycles. The molecule has 0 spiro atoms. The molecule has 5 rings (SSSR count). The van der Waals surface area contributed by atoms with E-state index < -0.39 is 29.6 Å². The highest BCUT2D eigenvalue weighted by molar-refractivity contribution is 6.33. The van der Waals surface area contributed by atoms with Crippen LogP contribution in [0.3, 0.4) is 0 Å². The number of nitrogens with two attached hydrogens (primary N) is 1. The first-order chi connectivity index (χ1) is 17.4. The minimum atomic E-state index is -1.87. The van der Waals surface area contributed by atoms with Gasteiger partial charge in [-0.2, -0.15) is 0 Å². The summed E-state index contributed by atoms with van der Waals surface area (Å²) < 4.78 is 43.2. The van der Waals surface area contributed by atoms with Gasteiger partial charge < -0.3 is 25.6 Å². The van der Waals surface area contributed by atoms with Gasteiger partial charge in [0.2, 0.25) is 5.91 Å². The Bertz CT molecular complexity index is 1230. The molecule has 4 atom stereocenters. The summed E-state index contributed by atoms with van der Waals surface area (Å²) >= 11 is 6.49. The number of ether oxygens (including phenoxy) is 2. The van der Waals surface area contributed by atoms with Crippen LogP contribution >= 0.6 is 11.6 Å². The van der Waals surface area contributed by atoms with Gasteiger partial charge in [0.25, 0.3) is 0 Å². The SMILES string of the molecule is NC(=O)C1=C(c2c(Cl)c(F)cc3c2C[C@](c2ccccc2)([C@@H]2CCCN2)O3)C(F)C(OCCO)C=C1. The molecule has 2 aromatic carbocycles. The van der Waals surface area contributed by atoms with Crippen molar-refractivity contribution >= 4 is 23.1 Å². The van der Waals surface area contributed by atoms with E-state index in [2.05, 4.69) is 5.32 Å². The van der Waals surface area contributed by atoms with Crippen molar-refractivity contribution in [3.63, 3.8) is 0 Å². The van der Waals surface area contributed by atoms with E-state index in [-0.39, 0.29) is 53.2 Å². The summed E-state index contributed by atoms with van der Waals surface area (Å²) in [5.41, 5.74) is 5.95. The third-order valence-electron chi connectivity index (χ3n) is 7.15. The number of nitrogens with one attached hydrogen (secondary N) is 1. The van der Waals surface area contributed by atoms with E-state index in [1.54, 1.807) is 0 Å². The highest BCUT2D eigenvalue weighted by atomic mass is 35.5. The second kappa shape index (κ2) is 9.94. The van der Waals surface area contributed by atoms with E-state index in [1.807, 2.05) is 30.3 Å². The second-order valence-electron chi connectivity index (χ2n) is 9.22. The standard InChI is InChI=1S/C27H27ClF2N2O4/c28-24-18(29)13-20-17(14-27(36-20,21-7-4-10-32-21)15-5-2-1-3-6-15)22(24)23-16(26(31)34)8-9-19(25(23)30)35-12-11-33/h1-3,5-6,8-9,13,19,21,25,32-33H,4,7,10-12,14H2,(H2,31,34)/t19?,21-,25?,27-/m0/s1. The number of benzene rings is 2. The van der Waals surface area contributed by atoms with Gasteiger partial charge in [0.15, 0.2) is 11.8 Å². The van der Waals surface area contributed by atoms with Crippen LogP contribution in [0, 0.1) is 5.82 Å². The van der Waals surface area contributed by atoms with Gasteiger partial charge in [-0.25, -0.2) is 8.78 Å². The van der Waals surface area contributed by atoms with Crippen LogP contribution in [0.15, 0.2) is 54.1 Å². The van der Waals surface area contributed by atoms with Gasteiger partial charge in [-0.1, -0.05) is 54.1 Å². The number of rotatable bonds is 7. The molecule has 190 valence electrons. The molecule has 9 heteroatoms. The average Bonchev–Trinajstić information content (AvgIpc) is 3.54. The van der Waals surface area contributed by atoms with Crippen LogP contribution < -0.4 is 15.8 Å². The zero-order valence-corrected chi connectivity index (χ0v) is 20.2. The maximum atomic E-state index is 16.0. The normalized spacial score (nSPS) is 27.3. The molecule has 1 amide bonds. The molecule has 1 saturated heterocycles. The first-order valence-corrected chi connectivity index (χ1v) is 12.3. The Labute approximate surface area is 212 Å². The monoisotopic (exact) mass is 516 g/mol. The van der Waals surface area contributed by atoms with Gasteiger partial charge in [-0.3, -0.25) is 4.79 Å². The molecule has 1 fully saturated rings. The Kier molecular flexibility index (Phi) is 6.87. The van der Waals surface area contributed by atoms with E-state index >= 15 is 8.78 Å². The minimum Gasteiger partial charge on any atom is -0.480 e. The Morgan fingerprint density at radius 3 is 2.78 bits per heavy atom. The summed E-state index contributed by atoms with van der Waals surface area (Å²) in [7, 11) is 0. The summed E-state index contributed by atoms with van der Waals surface area (Å²) in [5.74, 6) is -1.42. The number of aliphatic hydroxyl groups is 1. The lowest BCUT2D eigenvalue weighted by atomic mass is 9.79. The molecule has 6 nitrogen and oxygen atoms in total. The largest absolute Gasteiger partial charge is 0.480 e. The molecule has 36 heavy (non-hydrogen) atoms. The number of carbonyl (C=O) groups is 1. The molecule has 2 heterocycles. The predicted molar refractivity (Wildman–Crippen MR) is 132 cm³/mol. The molecular formula is C27H27ClF2N2O4. The van der Waals surface area contributed by atoms with Gasteiger partial charge in [0.1, 0.15) is 17.7 Å². The minimum absolute atomic E-state index is 0.0609. The van der Waals surface area contributed by atoms with Gasteiger partial charge in [0, 0.05) is 34.8 Å². The summed E-state index contributed by atoms with van der Waals surface area (Å²) in [6.45, 7) is 0.396. The van der Waals surface area contributed by atoms with E-state index in [0.717, 1.165) is 24.9 Å². The quantitative estimate of drug-likeness (QED) is 0.523. The van der Waals surface area contributed by atoms with E-state index in [9.17, 15) is 4.79 Å². The fourth-order valence-corrected chi connectivity index (χ4v) is 5.82. The van der Waals surface area contributed by atoms with Crippen molar-refractivity contribution in [3.05, 3.63) is 81.7 Å². The smallest absolute Gasteiger partial charge is 0.249 e. The van der Waals surface area contributed by atoms with Crippen molar-refractivity contribution in [2.24, 2.45) is 5.73 Å². The van der Waals surface area contributed by atoms with Crippen LogP contribution in [-0.4, -0.2) is 49.1 Å². The van der Waals surface area contributed by atoms with Crippen LogP contribution in [0.2, 0.25) is 5.02 Å². The molecular weight excluding hydrogens is 490 g/mol. The first-order valence-electron chi connectivity index (χ1n) is 11.9. The Morgan fingerprint density at radius 2 is 2.11 bits per heavy atom. The van der Waals surface area contributed by atoms with Gasteiger partial charge in [-0.15, -0.1) is 0 Å². The Hall–Kier alpha value is -2.78. The fraction of sp³-hybridized carbons (Fsp3) is 0.370. The molecule has 2 aliphatic heterocycles. The van der Waals surface area contributed by atoms with Crippen molar-refractivity contribution in [2.45, 2.75) is 43.2 Å². The fourth-order valence-electron chi connectivity index (χ4n) is 5.55. The number of alkyl halides is 1. The van der Waals surface area contributed by atoms with Crippen LogP contribution in [0.4, 0.5) is 8.78 Å². The molecule has 0 aromatic heterocycles. The molecule has 1 aliphatic carbocycles. The van der Waals surface area contributed by atoms with Gasteiger partial charge in [0.05, 0.1) is 24.3 Å². The van der Waals surface area contributed by atoms with Crippen LogP contribution in [0.5, 0.6) is 5.75 Å². The number of aliphatic hydroxyl groups excluding tert-OH is 1. The number of hydrogen-bond acceptors (Lipinski definition) is 5. The van der Waals surface area contributed by atoms with Crippen LogP contribution in [0.1, 0.15) is 29.5 Å². The zero-order valence-electron chi connectivity index (χ0n) is 19.5. The summed E-state index contributed by atoms with van der Waals surface area (Å²) in [4.78, 5) is 12.3. The molecule has 2 unspecified atom stereocenters. The van der Waals surface area contributed by atoms with Crippen LogP contribution in [0.25, 0.3) is 5.57 Å². The van der Waals surface area contributed by atoms with E-state index in [0.29, 0.717) is 5.56 Å². The molecule has 3 aliphatic rings. The van der Waals surface area contributed by atoms with Gasteiger partial charge in [-0.05, 0) is 24.9 Å². The number of amides is 1. The second-order valence-corrected chi connectivity index (χ2v) is 9.60.